The highest BCUT2D eigenvalue weighted by atomic mass is 19.1. The van der Waals surface area contributed by atoms with E-state index >= 15 is 4.39 Å². The second-order valence-corrected chi connectivity index (χ2v) is 8.53. The zero-order valence-electron chi connectivity index (χ0n) is 18.3. The van der Waals surface area contributed by atoms with Gasteiger partial charge in [-0.2, -0.15) is 10.4 Å². The first kappa shape index (κ1) is 21.7. The third-order valence-corrected chi connectivity index (χ3v) is 5.85. The van der Waals surface area contributed by atoms with Crippen molar-refractivity contribution in [1.82, 2.24) is 14.7 Å². The largest absolute Gasteiger partial charge is 0.336 e. The molecule has 1 saturated heterocycles. The van der Waals surface area contributed by atoms with Crippen LogP contribution in [-0.2, 0) is 0 Å². The summed E-state index contributed by atoms with van der Waals surface area (Å²) in [6.07, 6.45) is 1.74. The van der Waals surface area contributed by atoms with Gasteiger partial charge >= 0.3 is 0 Å². The van der Waals surface area contributed by atoms with Crippen molar-refractivity contribution >= 4 is 5.91 Å². The van der Waals surface area contributed by atoms with Gasteiger partial charge in [-0.3, -0.25) is 4.79 Å². The molecule has 0 aliphatic carbocycles. The Morgan fingerprint density at radius 1 is 1.22 bits per heavy atom. The topological polar surface area (TPSA) is 87.9 Å². The van der Waals surface area contributed by atoms with Crippen molar-refractivity contribution in [2.75, 3.05) is 13.1 Å². The summed E-state index contributed by atoms with van der Waals surface area (Å²) in [6.45, 7) is 5.12. The van der Waals surface area contributed by atoms with Crippen LogP contribution in [0.3, 0.4) is 0 Å². The zero-order chi connectivity index (χ0) is 22.8. The van der Waals surface area contributed by atoms with Gasteiger partial charge in [0.1, 0.15) is 11.5 Å². The van der Waals surface area contributed by atoms with Gasteiger partial charge in [-0.1, -0.05) is 32.0 Å². The molecular formula is C25H26FN5O. The van der Waals surface area contributed by atoms with Crippen LogP contribution in [0.5, 0.6) is 0 Å². The van der Waals surface area contributed by atoms with Crippen LogP contribution in [0.25, 0.3) is 16.9 Å². The fraction of sp³-hybridized carbons (Fsp3) is 0.320. The minimum Gasteiger partial charge on any atom is -0.336 e. The summed E-state index contributed by atoms with van der Waals surface area (Å²) in [4.78, 5) is 14.9. The molecule has 1 fully saturated rings. The highest BCUT2D eigenvalue weighted by Crippen LogP contribution is 2.28. The molecule has 4 rings (SSSR count). The number of nitrogens with two attached hydrogens (primary N) is 1. The number of hydrogen-bond donors (Lipinski definition) is 1. The summed E-state index contributed by atoms with van der Waals surface area (Å²) in [7, 11) is 0. The van der Waals surface area contributed by atoms with Crippen LogP contribution in [0.1, 0.15) is 54.2 Å². The Labute approximate surface area is 187 Å². The molecule has 7 heteroatoms. The van der Waals surface area contributed by atoms with Crippen molar-refractivity contribution in [3.63, 3.8) is 0 Å². The van der Waals surface area contributed by atoms with E-state index in [1.807, 2.05) is 19.9 Å². The standard InChI is InChI=1S/C25H26FN5O/c1-16(2)19-9-10-23(21(26)12-19)31-24(18-7-5-17(14-27)6-8-18)13-22(29-31)25(32)30-11-3-4-20(28)15-30/h5-10,12-13,16,20H,3-4,11,15,28H2,1-2H3. The van der Waals surface area contributed by atoms with E-state index in [1.54, 1.807) is 41.3 Å². The smallest absolute Gasteiger partial charge is 0.274 e. The molecule has 0 radical (unpaired) electrons. The number of aromatic nitrogens is 2. The number of nitrogens with zero attached hydrogens (tertiary/aromatic N) is 4. The lowest BCUT2D eigenvalue weighted by Gasteiger charge is -2.30. The van der Waals surface area contributed by atoms with E-state index in [2.05, 4.69) is 11.2 Å². The van der Waals surface area contributed by atoms with E-state index in [4.69, 9.17) is 11.0 Å². The lowest BCUT2D eigenvalue weighted by molar-refractivity contribution is 0.0702. The lowest BCUT2D eigenvalue weighted by Crippen LogP contribution is -2.45. The Kier molecular flexibility index (Phi) is 6.06. The molecule has 1 atom stereocenters. The van der Waals surface area contributed by atoms with E-state index in [9.17, 15) is 4.79 Å². The van der Waals surface area contributed by atoms with Crippen LogP contribution >= 0.6 is 0 Å². The summed E-state index contributed by atoms with van der Waals surface area (Å²) < 4.78 is 16.6. The minimum atomic E-state index is -0.409. The number of benzene rings is 2. The first-order valence-corrected chi connectivity index (χ1v) is 10.8. The van der Waals surface area contributed by atoms with Crippen molar-refractivity contribution in [3.05, 3.63) is 71.2 Å². The van der Waals surface area contributed by atoms with Crippen LogP contribution in [0, 0.1) is 17.1 Å². The molecule has 1 amide bonds. The third-order valence-electron chi connectivity index (χ3n) is 5.85. The SMILES string of the molecule is CC(C)c1ccc(-n2nc(C(=O)N3CCCC(N)C3)cc2-c2ccc(C#N)cc2)c(F)c1. The quantitative estimate of drug-likeness (QED) is 0.669. The number of carbonyl (C=O) groups is 1. The average Bonchev–Trinajstić information content (AvgIpc) is 3.23. The molecule has 2 N–H and O–H groups in total. The molecule has 1 aromatic heterocycles. The number of piperidine rings is 1. The molecule has 0 spiro atoms. The molecule has 32 heavy (non-hydrogen) atoms. The maximum absolute atomic E-state index is 15.1. The van der Waals surface area contributed by atoms with Crippen LogP contribution in [-0.4, -0.2) is 39.7 Å². The van der Waals surface area contributed by atoms with Crippen molar-refractivity contribution in [2.45, 2.75) is 38.6 Å². The second-order valence-electron chi connectivity index (χ2n) is 8.53. The molecule has 1 unspecified atom stereocenters. The fourth-order valence-electron chi connectivity index (χ4n) is 4.00. The van der Waals surface area contributed by atoms with Crippen LogP contribution < -0.4 is 5.73 Å². The van der Waals surface area contributed by atoms with E-state index < -0.39 is 5.82 Å². The van der Waals surface area contributed by atoms with Gasteiger partial charge in [-0.05, 0) is 54.7 Å². The van der Waals surface area contributed by atoms with E-state index in [0.29, 0.717) is 24.3 Å². The number of likely N-dealkylation sites (tertiary alicyclic amines) is 1. The molecule has 0 saturated carbocycles. The summed E-state index contributed by atoms with van der Waals surface area (Å²) in [5.74, 6) is -0.434. The Morgan fingerprint density at radius 3 is 2.59 bits per heavy atom. The first-order chi connectivity index (χ1) is 15.4. The summed E-state index contributed by atoms with van der Waals surface area (Å²) in [5, 5.41) is 13.6. The molecule has 6 nitrogen and oxygen atoms in total. The molecule has 0 bridgehead atoms. The molecular weight excluding hydrogens is 405 g/mol. The van der Waals surface area contributed by atoms with Gasteiger partial charge < -0.3 is 10.6 Å². The molecule has 1 aliphatic heterocycles. The van der Waals surface area contributed by atoms with Gasteiger partial charge in [-0.25, -0.2) is 9.07 Å². The van der Waals surface area contributed by atoms with Gasteiger partial charge in [0.2, 0.25) is 0 Å². The van der Waals surface area contributed by atoms with Crippen molar-refractivity contribution in [3.8, 4) is 23.0 Å². The number of nitriles is 1. The Balaban J connectivity index is 1.80. The normalized spacial score (nSPS) is 16.2. The second kappa shape index (κ2) is 8.93. The minimum absolute atomic E-state index is 0.0474. The van der Waals surface area contributed by atoms with Gasteiger partial charge in [0.25, 0.3) is 5.91 Å². The van der Waals surface area contributed by atoms with E-state index in [1.165, 1.54) is 10.7 Å². The van der Waals surface area contributed by atoms with Crippen molar-refractivity contribution < 1.29 is 9.18 Å². The van der Waals surface area contributed by atoms with Crippen LogP contribution in [0.15, 0.2) is 48.5 Å². The molecule has 3 aromatic rings. The van der Waals surface area contributed by atoms with Crippen LogP contribution in [0.4, 0.5) is 4.39 Å². The maximum atomic E-state index is 15.1. The monoisotopic (exact) mass is 431 g/mol. The van der Waals surface area contributed by atoms with E-state index in [0.717, 1.165) is 24.0 Å². The molecule has 2 aromatic carbocycles. The third kappa shape index (κ3) is 4.27. The number of rotatable bonds is 4. The Hall–Kier alpha value is -3.50. The lowest BCUT2D eigenvalue weighted by atomic mass is 10.0. The summed E-state index contributed by atoms with van der Waals surface area (Å²) >= 11 is 0. The number of hydrogen-bond acceptors (Lipinski definition) is 4. The van der Waals surface area contributed by atoms with Gasteiger partial charge in [0.05, 0.1) is 17.3 Å². The highest BCUT2D eigenvalue weighted by Gasteiger charge is 2.26. The predicted molar refractivity (Wildman–Crippen MR) is 121 cm³/mol. The molecule has 2 heterocycles. The van der Waals surface area contributed by atoms with Crippen molar-refractivity contribution in [1.29, 1.82) is 5.26 Å². The first-order valence-electron chi connectivity index (χ1n) is 10.8. The Bertz CT molecular complexity index is 1180. The fourth-order valence-corrected chi connectivity index (χ4v) is 4.00. The predicted octanol–water partition coefficient (Wildman–Crippen LogP) is 4.24. The average molecular weight is 432 g/mol. The maximum Gasteiger partial charge on any atom is 0.274 e. The van der Waals surface area contributed by atoms with Gasteiger partial charge in [0, 0.05) is 24.7 Å². The van der Waals surface area contributed by atoms with Crippen LogP contribution in [0.2, 0.25) is 0 Å². The number of amides is 1. The Morgan fingerprint density at radius 2 is 1.97 bits per heavy atom. The van der Waals surface area contributed by atoms with Crippen molar-refractivity contribution in [2.24, 2.45) is 5.73 Å². The number of halogens is 1. The molecule has 164 valence electrons. The highest BCUT2D eigenvalue weighted by molar-refractivity contribution is 5.93. The molecule has 1 aliphatic rings. The van der Waals surface area contributed by atoms with E-state index in [-0.39, 0.29) is 29.2 Å². The zero-order valence-corrected chi connectivity index (χ0v) is 18.3. The summed E-state index contributed by atoms with van der Waals surface area (Å²) in [5.41, 5.74) is 9.28. The number of carbonyl (C=O) groups excluding carboxylic acids is 1. The van der Waals surface area contributed by atoms with Gasteiger partial charge in [-0.15, -0.1) is 0 Å². The summed E-state index contributed by atoms with van der Waals surface area (Å²) in [6, 6.07) is 15.7. The van der Waals surface area contributed by atoms with Gasteiger partial charge in [0.15, 0.2) is 5.69 Å².